The number of ether oxygens (including phenoxy) is 1. The van der Waals surface area contributed by atoms with Crippen LogP contribution in [0.25, 0.3) is 0 Å². The highest BCUT2D eigenvalue weighted by Gasteiger charge is 2.30. The van der Waals surface area contributed by atoms with Gasteiger partial charge in [-0.25, -0.2) is 0 Å². The lowest BCUT2D eigenvalue weighted by Crippen LogP contribution is -2.47. The summed E-state index contributed by atoms with van der Waals surface area (Å²) in [4.78, 5) is 9.89. The van der Waals surface area contributed by atoms with Crippen LogP contribution in [0.2, 0.25) is 0 Å². The molecule has 0 aromatic heterocycles. The summed E-state index contributed by atoms with van der Waals surface area (Å²) in [7, 11) is 0. The van der Waals surface area contributed by atoms with E-state index in [0.717, 1.165) is 64.2 Å². The van der Waals surface area contributed by atoms with Gasteiger partial charge in [0.2, 0.25) is 0 Å². The Morgan fingerprint density at radius 2 is 1.88 bits per heavy atom. The number of hydrogen-bond acceptors (Lipinski definition) is 3. The van der Waals surface area contributed by atoms with Gasteiger partial charge in [0, 0.05) is 44.9 Å². The lowest BCUT2D eigenvalue weighted by molar-refractivity contribution is 0.0263. The highest BCUT2D eigenvalue weighted by molar-refractivity contribution is 14.0. The first-order valence-electron chi connectivity index (χ1n) is 9.56. The van der Waals surface area contributed by atoms with Crippen LogP contribution in [0.5, 0.6) is 0 Å². The van der Waals surface area contributed by atoms with Crippen molar-refractivity contribution in [2.75, 3.05) is 39.3 Å². The first-order chi connectivity index (χ1) is 11.2. The van der Waals surface area contributed by atoms with Gasteiger partial charge in [0.15, 0.2) is 5.96 Å². The molecule has 5 nitrogen and oxygen atoms in total. The molecule has 24 heavy (non-hydrogen) atoms. The van der Waals surface area contributed by atoms with Gasteiger partial charge in [-0.05, 0) is 53.4 Å². The van der Waals surface area contributed by atoms with Gasteiger partial charge in [-0.15, -0.1) is 24.0 Å². The molecule has 1 N–H and O–H groups in total. The van der Waals surface area contributed by atoms with Gasteiger partial charge < -0.3 is 15.0 Å². The molecule has 2 fully saturated rings. The van der Waals surface area contributed by atoms with Crippen LogP contribution >= 0.6 is 24.0 Å². The Labute approximate surface area is 165 Å². The molecule has 0 aromatic rings. The van der Waals surface area contributed by atoms with Crippen molar-refractivity contribution in [3.63, 3.8) is 0 Å². The predicted octanol–water partition coefficient (Wildman–Crippen LogP) is 2.94. The van der Waals surface area contributed by atoms with E-state index in [0.29, 0.717) is 12.1 Å². The van der Waals surface area contributed by atoms with Gasteiger partial charge in [0.25, 0.3) is 0 Å². The molecule has 1 saturated carbocycles. The highest BCUT2D eigenvalue weighted by Crippen LogP contribution is 2.28. The smallest absolute Gasteiger partial charge is 0.193 e. The van der Waals surface area contributed by atoms with Crippen LogP contribution in [0.4, 0.5) is 0 Å². The molecule has 0 unspecified atom stereocenters. The van der Waals surface area contributed by atoms with Crippen LogP contribution in [0.15, 0.2) is 4.99 Å². The summed E-state index contributed by atoms with van der Waals surface area (Å²) >= 11 is 0. The van der Waals surface area contributed by atoms with E-state index in [9.17, 15) is 0 Å². The van der Waals surface area contributed by atoms with E-state index >= 15 is 0 Å². The molecule has 2 aliphatic rings. The van der Waals surface area contributed by atoms with Crippen LogP contribution in [0.3, 0.4) is 0 Å². The molecular formula is C18H37IN4O. The zero-order chi connectivity index (χ0) is 16.7. The number of aliphatic imine (C=N–C) groups is 1. The molecule has 0 radical (unpaired) electrons. The summed E-state index contributed by atoms with van der Waals surface area (Å²) in [5.74, 6) is 1.09. The third kappa shape index (κ3) is 7.04. The summed E-state index contributed by atoms with van der Waals surface area (Å²) in [6.07, 6.45) is 5.39. The molecule has 0 aromatic carbocycles. The van der Waals surface area contributed by atoms with E-state index < -0.39 is 0 Å². The van der Waals surface area contributed by atoms with E-state index in [4.69, 9.17) is 9.73 Å². The first kappa shape index (κ1) is 22.0. The van der Waals surface area contributed by atoms with Crippen molar-refractivity contribution in [2.24, 2.45) is 4.99 Å². The zero-order valence-corrected chi connectivity index (χ0v) is 18.3. The summed E-state index contributed by atoms with van der Waals surface area (Å²) in [6.45, 7) is 14.6. The summed E-state index contributed by atoms with van der Waals surface area (Å²) in [5, 5.41) is 3.46. The summed E-state index contributed by atoms with van der Waals surface area (Å²) < 4.78 is 5.75. The van der Waals surface area contributed by atoms with Gasteiger partial charge in [0.1, 0.15) is 0 Å². The topological polar surface area (TPSA) is 40.1 Å². The normalized spacial score (nSPS) is 19.8. The van der Waals surface area contributed by atoms with Crippen molar-refractivity contribution in [1.82, 2.24) is 15.1 Å². The van der Waals surface area contributed by atoms with Crippen molar-refractivity contribution in [2.45, 2.75) is 71.6 Å². The fraction of sp³-hybridized carbons (Fsp3) is 0.944. The number of piperidine rings is 1. The Morgan fingerprint density at radius 3 is 2.38 bits per heavy atom. The molecule has 6 heteroatoms. The van der Waals surface area contributed by atoms with Crippen molar-refractivity contribution >= 4 is 29.9 Å². The second-order valence-electron chi connectivity index (χ2n) is 6.94. The second kappa shape index (κ2) is 11.5. The van der Waals surface area contributed by atoms with Gasteiger partial charge in [-0.3, -0.25) is 9.89 Å². The van der Waals surface area contributed by atoms with E-state index in [1.54, 1.807) is 0 Å². The Balaban J connectivity index is 0.00000288. The minimum Gasteiger partial charge on any atom is -0.378 e. The molecule has 2 rings (SSSR count). The maximum Gasteiger partial charge on any atom is 0.193 e. The standard InChI is InChI=1S/C18H36N4O.HI/c1-5-19-18(21-12-9-17(10-13-21)23-6-2)20-11-14-22(15(3)4)16-7-8-16;/h15-17H,5-14H2,1-4H3,(H,19,20);1H. The van der Waals surface area contributed by atoms with Crippen molar-refractivity contribution < 1.29 is 4.74 Å². The maximum absolute atomic E-state index is 5.75. The van der Waals surface area contributed by atoms with Crippen molar-refractivity contribution in [3.8, 4) is 0 Å². The van der Waals surface area contributed by atoms with Crippen LogP contribution in [0.1, 0.15) is 53.4 Å². The molecule has 1 aliphatic carbocycles. The summed E-state index contributed by atoms with van der Waals surface area (Å²) in [5.41, 5.74) is 0. The Morgan fingerprint density at radius 1 is 1.21 bits per heavy atom. The number of rotatable bonds is 8. The molecule has 0 bridgehead atoms. The number of hydrogen-bond donors (Lipinski definition) is 1. The van der Waals surface area contributed by atoms with Crippen molar-refractivity contribution in [1.29, 1.82) is 0 Å². The maximum atomic E-state index is 5.75. The fourth-order valence-electron chi connectivity index (χ4n) is 3.44. The van der Waals surface area contributed by atoms with Crippen LogP contribution < -0.4 is 5.32 Å². The third-order valence-corrected chi connectivity index (χ3v) is 4.78. The van der Waals surface area contributed by atoms with Crippen LogP contribution in [0, 0.1) is 0 Å². The Hall–Kier alpha value is -0.0800. The Kier molecular flexibility index (Phi) is 10.5. The molecule has 1 heterocycles. The lowest BCUT2D eigenvalue weighted by atomic mass is 10.1. The molecule has 142 valence electrons. The van der Waals surface area contributed by atoms with Gasteiger partial charge in [-0.1, -0.05) is 0 Å². The third-order valence-electron chi connectivity index (χ3n) is 4.78. The number of nitrogens with one attached hydrogen (secondary N) is 1. The Bertz CT molecular complexity index is 364. The van der Waals surface area contributed by atoms with Crippen molar-refractivity contribution in [3.05, 3.63) is 0 Å². The second-order valence-corrected chi connectivity index (χ2v) is 6.94. The fourth-order valence-corrected chi connectivity index (χ4v) is 3.44. The SMILES string of the molecule is CCNC(=NCCN(C(C)C)C1CC1)N1CCC(OCC)CC1.I. The van der Waals surface area contributed by atoms with Gasteiger partial charge in [0.05, 0.1) is 12.6 Å². The monoisotopic (exact) mass is 452 g/mol. The minimum absolute atomic E-state index is 0. The quantitative estimate of drug-likeness (QED) is 0.349. The van der Waals surface area contributed by atoms with Crippen LogP contribution in [-0.4, -0.2) is 73.3 Å². The van der Waals surface area contributed by atoms with Crippen LogP contribution in [-0.2, 0) is 4.74 Å². The van der Waals surface area contributed by atoms with E-state index in [2.05, 4.69) is 42.8 Å². The van der Waals surface area contributed by atoms with Gasteiger partial charge >= 0.3 is 0 Å². The van der Waals surface area contributed by atoms with E-state index in [1.807, 2.05) is 0 Å². The van der Waals surface area contributed by atoms with E-state index in [1.165, 1.54) is 12.8 Å². The number of likely N-dealkylation sites (tertiary alicyclic amines) is 1. The molecule has 0 spiro atoms. The lowest BCUT2D eigenvalue weighted by Gasteiger charge is -2.34. The number of nitrogens with zero attached hydrogens (tertiary/aromatic N) is 3. The first-order valence-corrected chi connectivity index (χ1v) is 9.56. The predicted molar refractivity (Wildman–Crippen MR) is 112 cm³/mol. The molecule has 1 aliphatic heterocycles. The zero-order valence-electron chi connectivity index (χ0n) is 16.0. The van der Waals surface area contributed by atoms with Gasteiger partial charge in [-0.2, -0.15) is 0 Å². The summed E-state index contributed by atoms with van der Waals surface area (Å²) in [6, 6.07) is 1.44. The average molecular weight is 452 g/mol. The highest BCUT2D eigenvalue weighted by atomic mass is 127. The average Bonchev–Trinajstić information content (AvgIpc) is 3.36. The minimum atomic E-state index is 0. The molecular weight excluding hydrogens is 415 g/mol. The molecule has 0 amide bonds. The molecule has 0 atom stereocenters. The number of halogens is 1. The number of guanidine groups is 1. The largest absolute Gasteiger partial charge is 0.378 e. The molecule has 1 saturated heterocycles. The van der Waals surface area contributed by atoms with E-state index in [-0.39, 0.29) is 24.0 Å².